The molecule has 0 aliphatic heterocycles. The largest absolute Gasteiger partial charge is 0.399 e. The van der Waals surface area contributed by atoms with Gasteiger partial charge in [0.1, 0.15) is 5.82 Å². The van der Waals surface area contributed by atoms with Gasteiger partial charge < -0.3 is 5.73 Å². The van der Waals surface area contributed by atoms with Gasteiger partial charge in [0.25, 0.3) is 0 Å². The second-order valence-corrected chi connectivity index (χ2v) is 2.97. The fourth-order valence-corrected chi connectivity index (χ4v) is 1.06. The third kappa shape index (κ3) is 3.11. The number of allylic oxidation sites excluding steroid dienone is 1. The van der Waals surface area contributed by atoms with Crippen LogP contribution in [0.1, 0.15) is 11.1 Å². The van der Waals surface area contributed by atoms with E-state index in [1.54, 1.807) is 12.2 Å². The Kier molecular flexibility index (Phi) is 2.85. The van der Waals surface area contributed by atoms with Gasteiger partial charge >= 0.3 is 0 Å². The summed E-state index contributed by atoms with van der Waals surface area (Å²) < 4.78 is 12.9. The fourth-order valence-electron chi connectivity index (χ4n) is 1.06. The van der Waals surface area contributed by atoms with Gasteiger partial charge in [-0.15, -0.1) is 0 Å². The summed E-state index contributed by atoms with van der Waals surface area (Å²) in [5.74, 6) is -0.234. The lowest BCUT2D eigenvalue weighted by Gasteiger charge is -1.97. The Labute approximate surface area is 77.4 Å². The van der Waals surface area contributed by atoms with Gasteiger partial charge in [-0.25, -0.2) is 4.39 Å². The maximum absolute atomic E-state index is 12.9. The molecule has 0 fully saturated rings. The van der Waals surface area contributed by atoms with Crippen LogP contribution in [0.25, 0.3) is 6.08 Å². The Morgan fingerprint density at radius 2 is 2.15 bits per heavy atom. The van der Waals surface area contributed by atoms with Crippen molar-refractivity contribution >= 4 is 6.08 Å². The van der Waals surface area contributed by atoms with Crippen LogP contribution < -0.4 is 5.73 Å². The van der Waals surface area contributed by atoms with Crippen LogP contribution in [0.3, 0.4) is 0 Å². The van der Waals surface area contributed by atoms with Crippen molar-refractivity contribution in [3.63, 3.8) is 0 Å². The van der Waals surface area contributed by atoms with Crippen molar-refractivity contribution in [1.29, 1.82) is 0 Å². The number of hydrogen-bond donors (Lipinski definition) is 1. The summed E-state index contributed by atoms with van der Waals surface area (Å²) in [5, 5.41) is 0. The summed E-state index contributed by atoms with van der Waals surface area (Å²) >= 11 is 0. The molecule has 2 heteroatoms. The van der Waals surface area contributed by atoms with Gasteiger partial charge in [-0.3, -0.25) is 0 Å². The van der Waals surface area contributed by atoms with Gasteiger partial charge in [-0.1, -0.05) is 18.7 Å². The van der Waals surface area contributed by atoms with Crippen molar-refractivity contribution in [1.82, 2.24) is 0 Å². The number of nitrogens with two attached hydrogens (primary N) is 1. The molecule has 0 heterocycles. The van der Waals surface area contributed by atoms with Crippen molar-refractivity contribution in [3.05, 3.63) is 53.5 Å². The van der Waals surface area contributed by atoms with Crippen molar-refractivity contribution < 1.29 is 4.39 Å². The Bertz CT molecular complexity index is 333. The summed E-state index contributed by atoms with van der Waals surface area (Å²) in [4.78, 5) is 0. The van der Waals surface area contributed by atoms with E-state index in [9.17, 15) is 4.39 Å². The summed E-state index contributed by atoms with van der Waals surface area (Å²) in [6.07, 6.45) is 3.38. The highest BCUT2D eigenvalue weighted by Gasteiger charge is 1.93. The van der Waals surface area contributed by atoms with Crippen LogP contribution in [0.4, 0.5) is 4.39 Å². The van der Waals surface area contributed by atoms with Crippen LogP contribution in [-0.2, 0) is 0 Å². The number of aryl methyl sites for hydroxylation is 1. The van der Waals surface area contributed by atoms with Crippen molar-refractivity contribution in [2.24, 2.45) is 5.73 Å². The van der Waals surface area contributed by atoms with Gasteiger partial charge in [0.2, 0.25) is 0 Å². The molecule has 1 nitrogen and oxygen atoms in total. The van der Waals surface area contributed by atoms with E-state index in [1.807, 2.05) is 13.0 Å². The van der Waals surface area contributed by atoms with Crippen LogP contribution >= 0.6 is 0 Å². The molecule has 0 aliphatic rings. The zero-order valence-corrected chi connectivity index (χ0v) is 7.55. The molecular formula is C11H12FN. The fraction of sp³-hybridized carbons (Fsp3) is 0.0909. The van der Waals surface area contributed by atoms with E-state index in [1.165, 1.54) is 12.1 Å². The van der Waals surface area contributed by atoms with Crippen LogP contribution in [-0.4, -0.2) is 0 Å². The first-order valence-corrected chi connectivity index (χ1v) is 3.97. The Morgan fingerprint density at radius 3 is 2.69 bits per heavy atom. The summed E-state index contributed by atoms with van der Waals surface area (Å²) in [6.45, 7) is 5.36. The van der Waals surface area contributed by atoms with Gasteiger partial charge in [-0.2, -0.15) is 0 Å². The monoisotopic (exact) mass is 177 g/mol. The molecule has 0 saturated carbocycles. The van der Waals surface area contributed by atoms with Crippen LogP contribution in [0.5, 0.6) is 0 Å². The molecule has 0 amide bonds. The van der Waals surface area contributed by atoms with Gasteiger partial charge in [0, 0.05) is 5.70 Å². The lowest BCUT2D eigenvalue weighted by atomic mass is 10.1. The molecule has 0 aliphatic carbocycles. The zero-order valence-electron chi connectivity index (χ0n) is 7.55. The van der Waals surface area contributed by atoms with Gasteiger partial charge in [-0.05, 0) is 36.3 Å². The molecule has 1 rings (SSSR count). The van der Waals surface area contributed by atoms with Crippen molar-refractivity contribution in [2.75, 3.05) is 0 Å². The first-order chi connectivity index (χ1) is 6.08. The predicted octanol–water partition coefficient (Wildman–Crippen LogP) is 2.62. The van der Waals surface area contributed by atoms with Crippen LogP contribution in [0.2, 0.25) is 0 Å². The van der Waals surface area contributed by atoms with Crippen LogP contribution in [0, 0.1) is 12.7 Å². The van der Waals surface area contributed by atoms with Gasteiger partial charge in [0.15, 0.2) is 0 Å². The average Bonchev–Trinajstić information content (AvgIpc) is 1.99. The zero-order chi connectivity index (χ0) is 9.84. The molecule has 0 bridgehead atoms. The third-order valence-corrected chi connectivity index (χ3v) is 1.55. The Morgan fingerprint density at radius 1 is 1.46 bits per heavy atom. The molecule has 68 valence electrons. The SMILES string of the molecule is C=C(N)/C=C/c1cc(C)cc(F)c1. The van der Waals surface area contributed by atoms with Crippen LogP contribution in [0.15, 0.2) is 36.6 Å². The van der Waals surface area contributed by atoms with E-state index < -0.39 is 0 Å². The average molecular weight is 177 g/mol. The number of rotatable bonds is 2. The molecule has 0 radical (unpaired) electrons. The highest BCUT2D eigenvalue weighted by molar-refractivity contribution is 5.53. The minimum atomic E-state index is -0.234. The highest BCUT2D eigenvalue weighted by Crippen LogP contribution is 2.10. The first kappa shape index (κ1) is 9.52. The molecule has 0 unspecified atom stereocenters. The Hall–Kier alpha value is -1.57. The lowest BCUT2D eigenvalue weighted by Crippen LogP contribution is -1.88. The minimum Gasteiger partial charge on any atom is -0.399 e. The molecule has 0 spiro atoms. The normalized spacial score (nSPS) is 10.6. The first-order valence-electron chi connectivity index (χ1n) is 3.97. The van der Waals surface area contributed by atoms with Crippen molar-refractivity contribution in [3.8, 4) is 0 Å². The van der Waals surface area contributed by atoms with Gasteiger partial charge in [0.05, 0.1) is 0 Å². The summed E-state index contributed by atoms with van der Waals surface area (Å²) in [6, 6.07) is 4.81. The standard InChI is InChI=1S/C11H12FN/c1-8-5-10(4-3-9(2)13)7-11(12)6-8/h3-7H,2,13H2,1H3/b4-3+. The number of benzene rings is 1. The maximum atomic E-state index is 12.9. The van der Waals surface area contributed by atoms with E-state index in [-0.39, 0.29) is 5.82 Å². The smallest absolute Gasteiger partial charge is 0.124 e. The number of halogens is 1. The van der Waals surface area contributed by atoms with E-state index in [2.05, 4.69) is 6.58 Å². The molecular weight excluding hydrogens is 165 g/mol. The lowest BCUT2D eigenvalue weighted by molar-refractivity contribution is 0.626. The third-order valence-electron chi connectivity index (χ3n) is 1.55. The van der Waals surface area contributed by atoms with E-state index >= 15 is 0 Å². The minimum absolute atomic E-state index is 0.234. The second kappa shape index (κ2) is 3.90. The summed E-state index contributed by atoms with van der Waals surface area (Å²) in [5.41, 5.74) is 7.49. The highest BCUT2D eigenvalue weighted by atomic mass is 19.1. The molecule has 2 N–H and O–H groups in total. The van der Waals surface area contributed by atoms with E-state index in [0.717, 1.165) is 11.1 Å². The summed E-state index contributed by atoms with van der Waals surface area (Å²) in [7, 11) is 0. The molecule has 1 aromatic carbocycles. The molecule has 1 aromatic rings. The maximum Gasteiger partial charge on any atom is 0.124 e. The Balaban J connectivity index is 2.95. The quantitative estimate of drug-likeness (QED) is 0.690. The molecule has 0 atom stereocenters. The molecule has 13 heavy (non-hydrogen) atoms. The van der Waals surface area contributed by atoms with E-state index in [0.29, 0.717) is 5.70 Å². The molecule has 0 aromatic heterocycles. The second-order valence-electron chi connectivity index (χ2n) is 2.97. The topological polar surface area (TPSA) is 26.0 Å². The predicted molar refractivity (Wildman–Crippen MR) is 53.5 cm³/mol. The molecule has 0 saturated heterocycles. The van der Waals surface area contributed by atoms with Crippen molar-refractivity contribution in [2.45, 2.75) is 6.92 Å². The number of hydrogen-bond acceptors (Lipinski definition) is 1. The van der Waals surface area contributed by atoms with E-state index in [4.69, 9.17) is 5.73 Å².